The van der Waals surface area contributed by atoms with E-state index in [1.807, 2.05) is 16.7 Å². The molecule has 2 aromatic carbocycles. The van der Waals surface area contributed by atoms with Gasteiger partial charge in [0.1, 0.15) is 11.6 Å². The summed E-state index contributed by atoms with van der Waals surface area (Å²) in [7, 11) is 0. The maximum absolute atomic E-state index is 13.8. The molecule has 0 aliphatic carbocycles. The lowest BCUT2D eigenvalue weighted by atomic mass is 10.3. The molecule has 1 amide bonds. The van der Waals surface area contributed by atoms with E-state index in [0.717, 1.165) is 61.6 Å². The van der Waals surface area contributed by atoms with Crippen molar-refractivity contribution in [1.29, 1.82) is 0 Å². The van der Waals surface area contributed by atoms with E-state index in [9.17, 15) is 13.6 Å². The zero-order valence-electron chi connectivity index (χ0n) is 15.8. The highest BCUT2D eigenvalue weighted by Gasteiger charge is 2.23. The molecule has 6 nitrogen and oxygen atoms in total. The van der Waals surface area contributed by atoms with Crippen LogP contribution in [-0.2, 0) is 4.79 Å². The molecule has 0 atom stereocenters. The van der Waals surface area contributed by atoms with Gasteiger partial charge in [-0.25, -0.2) is 8.78 Å². The standard InChI is InChI=1S/C20H18ClF2N5OS/c21-13-4-3-5-15(10-13)28-19(27-8-1-2-9-27)25-26-20(28)30-12-18(29)24-17-11-14(22)6-7-16(17)23/h3-7,10-11H,1-2,8-9,12H2,(H,24,29). The Morgan fingerprint density at radius 3 is 2.70 bits per heavy atom. The first-order chi connectivity index (χ1) is 14.5. The summed E-state index contributed by atoms with van der Waals surface area (Å²) in [6.07, 6.45) is 2.15. The number of nitrogens with zero attached hydrogens (tertiary/aromatic N) is 4. The van der Waals surface area contributed by atoms with Crippen LogP contribution in [0.1, 0.15) is 12.8 Å². The molecule has 0 saturated carbocycles. The quantitative estimate of drug-likeness (QED) is 0.560. The molecule has 0 unspecified atom stereocenters. The first-order valence-corrected chi connectivity index (χ1v) is 10.7. The lowest BCUT2D eigenvalue weighted by molar-refractivity contribution is -0.113. The highest BCUT2D eigenvalue weighted by atomic mass is 35.5. The highest BCUT2D eigenvalue weighted by molar-refractivity contribution is 7.99. The van der Waals surface area contributed by atoms with Gasteiger partial charge in [0.05, 0.1) is 17.1 Å². The molecule has 4 rings (SSSR count). The second kappa shape index (κ2) is 9.01. The van der Waals surface area contributed by atoms with Crippen molar-refractivity contribution < 1.29 is 13.6 Å². The molecule has 1 aliphatic heterocycles. The maximum atomic E-state index is 13.8. The van der Waals surface area contributed by atoms with Gasteiger partial charge >= 0.3 is 0 Å². The largest absolute Gasteiger partial charge is 0.341 e. The number of nitrogens with one attached hydrogen (secondary N) is 1. The zero-order valence-corrected chi connectivity index (χ0v) is 17.4. The van der Waals surface area contributed by atoms with Gasteiger partial charge in [-0.15, -0.1) is 10.2 Å². The highest BCUT2D eigenvalue weighted by Crippen LogP contribution is 2.29. The van der Waals surface area contributed by atoms with Crippen molar-refractivity contribution in [1.82, 2.24) is 14.8 Å². The number of amides is 1. The molecule has 2 heterocycles. The molecule has 0 spiro atoms. The van der Waals surface area contributed by atoms with Gasteiger partial charge in [0.25, 0.3) is 0 Å². The van der Waals surface area contributed by atoms with Gasteiger partial charge < -0.3 is 10.2 Å². The summed E-state index contributed by atoms with van der Waals surface area (Å²) in [6.45, 7) is 1.76. The van der Waals surface area contributed by atoms with Gasteiger partial charge in [0.15, 0.2) is 5.16 Å². The second-order valence-electron chi connectivity index (χ2n) is 6.75. The minimum atomic E-state index is -0.701. The van der Waals surface area contributed by atoms with Gasteiger partial charge in [-0.1, -0.05) is 29.4 Å². The third-order valence-electron chi connectivity index (χ3n) is 4.61. The molecule has 1 saturated heterocycles. The van der Waals surface area contributed by atoms with Crippen LogP contribution in [0.25, 0.3) is 5.69 Å². The number of thioether (sulfide) groups is 1. The second-order valence-corrected chi connectivity index (χ2v) is 8.13. The zero-order chi connectivity index (χ0) is 21.1. The Morgan fingerprint density at radius 2 is 1.93 bits per heavy atom. The van der Waals surface area contributed by atoms with E-state index >= 15 is 0 Å². The van der Waals surface area contributed by atoms with Crippen molar-refractivity contribution in [2.75, 3.05) is 29.1 Å². The Morgan fingerprint density at radius 1 is 1.13 bits per heavy atom. The first kappa shape index (κ1) is 20.6. The van der Waals surface area contributed by atoms with Crippen LogP contribution in [0, 0.1) is 11.6 Å². The van der Waals surface area contributed by atoms with Crippen molar-refractivity contribution >= 4 is 40.9 Å². The SMILES string of the molecule is O=C(CSc1nnc(N2CCCC2)n1-c1cccc(Cl)c1)Nc1cc(F)ccc1F. The van der Waals surface area contributed by atoms with Crippen molar-refractivity contribution in [3.63, 3.8) is 0 Å². The number of hydrogen-bond acceptors (Lipinski definition) is 5. The van der Waals surface area contributed by atoms with Crippen LogP contribution in [0.2, 0.25) is 5.02 Å². The van der Waals surface area contributed by atoms with E-state index < -0.39 is 17.5 Å². The number of hydrogen-bond donors (Lipinski definition) is 1. The first-order valence-electron chi connectivity index (χ1n) is 9.35. The van der Waals surface area contributed by atoms with Crippen LogP contribution in [0.15, 0.2) is 47.6 Å². The number of halogens is 3. The van der Waals surface area contributed by atoms with E-state index in [0.29, 0.717) is 16.1 Å². The average molecular weight is 450 g/mol. The number of carbonyl (C=O) groups is 1. The lowest BCUT2D eigenvalue weighted by Gasteiger charge is -2.18. The normalized spacial score (nSPS) is 13.6. The summed E-state index contributed by atoms with van der Waals surface area (Å²) in [5.41, 5.74) is 0.586. The Labute approximate surface area is 181 Å². The third-order valence-corrected chi connectivity index (χ3v) is 5.77. The van der Waals surface area contributed by atoms with Crippen LogP contribution < -0.4 is 10.2 Å². The van der Waals surface area contributed by atoms with E-state index in [4.69, 9.17) is 11.6 Å². The van der Waals surface area contributed by atoms with Crippen LogP contribution in [0.4, 0.5) is 20.4 Å². The topological polar surface area (TPSA) is 63.1 Å². The molecule has 0 radical (unpaired) electrons. The smallest absolute Gasteiger partial charge is 0.234 e. The van der Waals surface area contributed by atoms with Crippen LogP contribution in [0.5, 0.6) is 0 Å². The molecule has 1 aliphatic rings. The fourth-order valence-electron chi connectivity index (χ4n) is 3.23. The molecule has 3 aromatic rings. The summed E-state index contributed by atoms with van der Waals surface area (Å²) in [6, 6.07) is 10.2. The van der Waals surface area contributed by atoms with Crippen molar-refractivity contribution in [2.24, 2.45) is 0 Å². The van der Waals surface area contributed by atoms with Crippen LogP contribution in [0.3, 0.4) is 0 Å². The molecular weight excluding hydrogens is 432 g/mol. The van der Waals surface area contributed by atoms with Crippen molar-refractivity contribution in [3.05, 3.63) is 59.1 Å². The number of carbonyl (C=O) groups excluding carboxylic acids is 1. The molecule has 30 heavy (non-hydrogen) atoms. The molecular formula is C20H18ClF2N5OS. The Bertz CT molecular complexity index is 1070. The van der Waals surface area contributed by atoms with E-state index in [2.05, 4.69) is 20.4 Å². The summed E-state index contributed by atoms with van der Waals surface area (Å²) < 4.78 is 28.9. The molecule has 0 bridgehead atoms. The molecule has 1 aromatic heterocycles. The predicted molar refractivity (Wildman–Crippen MR) is 114 cm³/mol. The summed E-state index contributed by atoms with van der Waals surface area (Å²) in [5, 5.41) is 12.0. The summed E-state index contributed by atoms with van der Waals surface area (Å²) in [5.74, 6) is -1.17. The van der Waals surface area contributed by atoms with Crippen molar-refractivity contribution in [2.45, 2.75) is 18.0 Å². The Hall–Kier alpha value is -2.65. The lowest BCUT2D eigenvalue weighted by Crippen LogP contribution is -2.22. The molecule has 156 valence electrons. The number of aromatic nitrogens is 3. The van der Waals surface area contributed by atoms with Crippen molar-refractivity contribution in [3.8, 4) is 5.69 Å². The van der Waals surface area contributed by atoms with Crippen LogP contribution in [-0.4, -0.2) is 39.5 Å². The number of rotatable bonds is 6. The third kappa shape index (κ3) is 4.57. The maximum Gasteiger partial charge on any atom is 0.234 e. The van der Waals surface area contributed by atoms with Gasteiger partial charge in [-0.05, 0) is 43.2 Å². The minimum absolute atomic E-state index is 0.0470. The monoisotopic (exact) mass is 449 g/mol. The summed E-state index contributed by atoms with van der Waals surface area (Å²) in [4.78, 5) is 14.4. The van der Waals surface area contributed by atoms with Gasteiger partial charge in [0, 0.05) is 24.2 Å². The molecule has 10 heteroatoms. The van der Waals surface area contributed by atoms with Gasteiger partial charge in [-0.3, -0.25) is 9.36 Å². The predicted octanol–water partition coefficient (Wildman–Crippen LogP) is 4.53. The van der Waals surface area contributed by atoms with Gasteiger partial charge in [0.2, 0.25) is 11.9 Å². The Balaban J connectivity index is 1.55. The average Bonchev–Trinajstić information content (AvgIpc) is 3.38. The van der Waals surface area contributed by atoms with E-state index in [1.54, 1.807) is 12.1 Å². The number of anilines is 2. The van der Waals surface area contributed by atoms with Gasteiger partial charge in [-0.2, -0.15) is 0 Å². The van der Waals surface area contributed by atoms with E-state index in [-0.39, 0.29) is 11.4 Å². The summed E-state index contributed by atoms with van der Waals surface area (Å²) >= 11 is 7.32. The number of benzene rings is 2. The molecule has 1 fully saturated rings. The fraction of sp³-hybridized carbons (Fsp3) is 0.250. The minimum Gasteiger partial charge on any atom is -0.341 e. The molecule has 1 N–H and O–H groups in total. The van der Waals surface area contributed by atoms with Crippen LogP contribution >= 0.6 is 23.4 Å². The fourth-order valence-corrected chi connectivity index (χ4v) is 4.16. The Kier molecular flexibility index (Phi) is 6.19. The van der Waals surface area contributed by atoms with E-state index in [1.165, 1.54) is 0 Å².